The van der Waals surface area contributed by atoms with E-state index < -0.39 is 0 Å². The van der Waals surface area contributed by atoms with E-state index in [-0.39, 0.29) is 0 Å². The van der Waals surface area contributed by atoms with Crippen molar-refractivity contribution >= 4 is 11.8 Å². The van der Waals surface area contributed by atoms with Crippen LogP contribution < -0.4 is 0 Å². The van der Waals surface area contributed by atoms with Crippen molar-refractivity contribution in [3.8, 4) is 0 Å². The summed E-state index contributed by atoms with van der Waals surface area (Å²) in [5, 5.41) is 0. The van der Waals surface area contributed by atoms with E-state index in [1.54, 1.807) is 0 Å². The number of piperidine rings is 4. The van der Waals surface area contributed by atoms with E-state index in [1.165, 1.54) is 12.0 Å². The van der Waals surface area contributed by atoms with Gasteiger partial charge in [0.15, 0.2) is 0 Å². The molecule has 162 valence electrons. The zero-order valence-electron chi connectivity index (χ0n) is 18.0. The van der Waals surface area contributed by atoms with Gasteiger partial charge >= 0.3 is 0 Å². The molecule has 5 heteroatoms. The molecule has 2 amide bonds. The van der Waals surface area contributed by atoms with Gasteiger partial charge in [-0.15, -0.1) is 0 Å². The minimum Gasteiger partial charge on any atom is -0.342 e. The van der Waals surface area contributed by atoms with Gasteiger partial charge in [0.25, 0.3) is 0 Å². The lowest BCUT2D eigenvalue weighted by molar-refractivity contribution is -0.147. The monoisotopic (exact) mass is 409 g/mol. The Morgan fingerprint density at radius 3 is 2.60 bits per heavy atom. The molecule has 1 aromatic carbocycles. The fourth-order valence-electron chi connectivity index (χ4n) is 6.47. The summed E-state index contributed by atoms with van der Waals surface area (Å²) in [6, 6.07) is 11.2. The van der Waals surface area contributed by atoms with Gasteiger partial charge in [-0.1, -0.05) is 30.3 Å². The van der Waals surface area contributed by atoms with E-state index in [1.807, 2.05) is 0 Å². The van der Waals surface area contributed by atoms with Gasteiger partial charge in [-0.2, -0.15) is 0 Å². The molecule has 0 aliphatic carbocycles. The normalized spacial score (nSPS) is 30.3. The Balaban J connectivity index is 1.11. The highest BCUT2D eigenvalue weighted by Gasteiger charge is 2.44. The van der Waals surface area contributed by atoms with Crippen LogP contribution in [0.2, 0.25) is 0 Å². The van der Waals surface area contributed by atoms with Gasteiger partial charge in [0.1, 0.15) is 0 Å². The first kappa shape index (κ1) is 20.0. The van der Waals surface area contributed by atoms with Crippen LogP contribution in [0.5, 0.6) is 0 Å². The van der Waals surface area contributed by atoms with Crippen LogP contribution in [-0.4, -0.2) is 71.8 Å². The molecule has 0 N–H and O–H groups in total. The average Bonchev–Trinajstić information content (AvgIpc) is 2.76. The minimum atomic E-state index is 0.310. The summed E-state index contributed by atoms with van der Waals surface area (Å²) in [5.41, 5.74) is 1.41. The molecule has 30 heavy (non-hydrogen) atoms. The molecule has 3 atom stereocenters. The summed E-state index contributed by atoms with van der Waals surface area (Å²) in [4.78, 5) is 32.0. The number of amides is 2. The second kappa shape index (κ2) is 8.70. The van der Waals surface area contributed by atoms with E-state index in [0.29, 0.717) is 42.2 Å². The van der Waals surface area contributed by atoms with Crippen LogP contribution in [0.4, 0.5) is 0 Å². The predicted molar refractivity (Wildman–Crippen MR) is 117 cm³/mol. The summed E-state index contributed by atoms with van der Waals surface area (Å²) in [7, 11) is 0. The van der Waals surface area contributed by atoms with E-state index in [4.69, 9.17) is 0 Å². The van der Waals surface area contributed by atoms with Crippen LogP contribution in [0.25, 0.3) is 0 Å². The Morgan fingerprint density at radius 1 is 1.00 bits per heavy atom. The van der Waals surface area contributed by atoms with Crippen LogP contribution in [-0.2, 0) is 16.0 Å². The van der Waals surface area contributed by atoms with Gasteiger partial charge in [-0.25, -0.2) is 0 Å². The zero-order chi connectivity index (χ0) is 20.5. The molecule has 4 heterocycles. The van der Waals surface area contributed by atoms with Gasteiger partial charge in [-0.3, -0.25) is 14.5 Å². The second-order valence-corrected chi connectivity index (χ2v) is 10.1. The summed E-state index contributed by atoms with van der Waals surface area (Å²) < 4.78 is 0. The van der Waals surface area contributed by atoms with E-state index >= 15 is 0 Å². The summed E-state index contributed by atoms with van der Waals surface area (Å²) >= 11 is 0. The van der Waals surface area contributed by atoms with E-state index in [9.17, 15) is 9.59 Å². The molecule has 1 aromatic rings. The number of likely N-dealkylation sites (tertiary alicyclic amines) is 2. The van der Waals surface area contributed by atoms with Crippen molar-refractivity contribution in [3.05, 3.63) is 35.9 Å². The van der Waals surface area contributed by atoms with Gasteiger partial charge in [0.05, 0.1) is 6.54 Å². The molecule has 0 aromatic heterocycles. The Hall–Kier alpha value is -1.88. The first-order valence-electron chi connectivity index (χ1n) is 12.0. The molecule has 2 bridgehead atoms. The van der Waals surface area contributed by atoms with Crippen molar-refractivity contribution in [3.63, 3.8) is 0 Å². The minimum absolute atomic E-state index is 0.310. The quantitative estimate of drug-likeness (QED) is 0.768. The fraction of sp³-hybridized carbons (Fsp3) is 0.680. The number of nitrogens with zero attached hydrogens (tertiary/aromatic N) is 3. The van der Waals surface area contributed by atoms with Crippen molar-refractivity contribution in [2.24, 2.45) is 17.8 Å². The average molecular weight is 410 g/mol. The third kappa shape index (κ3) is 4.27. The van der Waals surface area contributed by atoms with Crippen LogP contribution in [0.1, 0.15) is 44.1 Å². The standard InChI is InChI=1S/C25H35N3O2/c29-24-8-4-7-23-22-14-21(16-28(23)24)15-26(17-22)18-25(30)27-11-9-20(10-12-27)13-19-5-2-1-3-6-19/h1-3,5-6,20-23H,4,7-18H2/t21?,22?,23-/m1/s1. The topological polar surface area (TPSA) is 43.9 Å². The lowest BCUT2D eigenvalue weighted by Gasteiger charge is -2.52. The van der Waals surface area contributed by atoms with Gasteiger partial charge in [-0.05, 0) is 61.8 Å². The lowest BCUT2D eigenvalue weighted by atomic mass is 9.76. The summed E-state index contributed by atoms with van der Waals surface area (Å²) in [6.07, 6.45) is 7.53. The van der Waals surface area contributed by atoms with E-state index in [0.717, 1.165) is 71.2 Å². The van der Waals surface area contributed by atoms with Crippen LogP contribution >= 0.6 is 0 Å². The molecular weight excluding hydrogens is 374 g/mol. The molecule has 4 aliphatic heterocycles. The number of hydrogen-bond donors (Lipinski definition) is 0. The maximum Gasteiger partial charge on any atom is 0.236 e. The van der Waals surface area contributed by atoms with Gasteiger partial charge in [0, 0.05) is 45.2 Å². The smallest absolute Gasteiger partial charge is 0.236 e. The predicted octanol–water partition coefficient (Wildman–Crippen LogP) is 2.80. The van der Waals surface area contributed by atoms with Crippen LogP contribution in [0, 0.1) is 17.8 Å². The number of carbonyl (C=O) groups is 2. The largest absolute Gasteiger partial charge is 0.342 e. The summed E-state index contributed by atoms with van der Waals surface area (Å²) in [6.45, 7) is 5.25. The molecule has 2 unspecified atom stereocenters. The van der Waals surface area contributed by atoms with Crippen molar-refractivity contribution in [2.45, 2.75) is 51.0 Å². The first-order valence-corrected chi connectivity index (χ1v) is 12.0. The third-order valence-electron chi connectivity index (χ3n) is 7.95. The number of hydrogen-bond acceptors (Lipinski definition) is 3. The first-order chi connectivity index (χ1) is 14.7. The summed E-state index contributed by atoms with van der Waals surface area (Å²) in [5.74, 6) is 2.48. The van der Waals surface area contributed by atoms with Crippen molar-refractivity contribution in [1.29, 1.82) is 0 Å². The molecule has 0 saturated carbocycles. The number of benzene rings is 1. The number of carbonyl (C=O) groups excluding carboxylic acids is 2. The van der Waals surface area contributed by atoms with E-state index in [2.05, 4.69) is 45.0 Å². The highest BCUT2D eigenvalue weighted by atomic mass is 16.2. The second-order valence-electron chi connectivity index (χ2n) is 10.1. The highest BCUT2D eigenvalue weighted by Crippen LogP contribution is 2.37. The molecule has 0 radical (unpaired) electrons. The SMILES string of the molecule is O=C(CN1CC2CC(C1)[C@H]1CCCC(=O)N1C2)N1CCC(Cc2ccccc2)CC1. The molecule has 5 rings (SSSR count). The number of fused-ring (bicyclic) bond motifs is 4. The van der Waals surface area contributed by atoms with Crippen molar-refractivity contribution in [1.82, 2.24) is 14.7 Å². The molecule has 4 aliphatic rings. The molecule has 0 spiro atoms. The van der Waals surface area contributed by atoms with Gasteiger partial charge < -0.3 is 9.80 Å². The highest BCUT2D eigenvalue weighted by molar-refractivity contribution is 5.78. The van der Waals surface area contributed by atoms with Crippen LogP contribution in [0.15, 0.2) is 30.3 Å². The maximum atomic E-state index is 13.0. The Kier molecular flexibility index (Phi) is 5.81. The Labute approximate surface area is 180 Å². The maximum absolute atomic E-state index is 13.0. The lowest BCUT2D eigenvalue weighted by Crippen LogP contribution is -2.61. The van der Waals surface area contributed by atoms with Gasteiger partial charge in [0.2, 0.25) is 11.8 Å². The molecule has 5 nitrogen and oxygen atoms in total. The molecule has 4 fully saturated rings. The van der Waals surface area contributed by atoms with Crippen molar-refractivity contribution in [2.75, 3.05) is 39.3 Å². The fourth-order valence-corrected chi connectivity index (χ4v) is 6.47. The zero-order valence-corrected chi connectivity index (χ0v) is 18.0. The Morgan fingerprint density at radius 2 is 1.80 bits per heavy atom. The Bertz CT molecular complexity index is 759. The number of rotatable bonds is 4. The molecule has 4 saturated heterocycles. The van der Waals surface area contributed by atoms with Crippen LogP contribution in [0.3, 0.4) is 0 Å². The van der Waals surface area contributed by atoms with Crippen molar-refractivity contribution < 1.29 is 9.59 Å². The molecular formula is C25H35N3O2. The third-order valence-corrected chi connectivity index (χ3v) is 7.95.